The van der Waals surface area contributed by atoms with E-state index in [2.05, 4.69) is 0 Å². The van der Waals surface area contributed by atoms with Crippen LogP contribution in [0.25, 0.3) is 0 Å². The van der Waals surface area contributed by atoms with Crippen LogP contribution in [0.15, 0.2) is 0 Å². The Morgan fingerprint density at radius 3 is 2.53 bits per heavy atom. The lowest BCUT2D eigenvalue weighted by molar-refractivity contribution is -0.139. The van der Waals surface area contributed by atoms with Gasteiger partial charge in [0.25, 0.3) is 0 Å². The van der Waals surface area contributed by atoms with Crippen molar-refractivity contribution in [2.75, 3.05) is 19.7 Å². The number of carbonyl (C=O) groups excluding carboxylic acids is 1. The number of rotatable bonds is 2. The summed E-state index contributed by atoms with van der Waals surface area (Å²) in [6, 6.07) is 0. The van der Waals surface area contributed by atoms with Crippen LogP contribution in [0.1, 0.15) is 38.5 Å². The Hall–Kier alpha value is -0.610. The van der Waals surface area contributed by atoms with Crippen molar-refractivity contribution < 1.29 is 15.0 Å². The fraction of sp³-hybridized carbons (Fsp3) is 0.923. The molecule has 2 fully saturated rings. The average molecular weight is 241 g/mol. The topological polar surface area (TPSA) is 60.8 Å². The number of aliphatic hydroxyl groups is 2. The fourth-order valence-electron chi connectivity index (χ4n) is 3.00. The molecule has 2 rings (SSSR count). The smallest absolute Gasteiger partial charge is 0.225 e. The maximum absolute atomic E-state index is 12.3. The molecule has 17 heavy (non-hydrogen) atoms. The molecule has 0 spiro atoms. The molecule has 1 unspecified atom stereocenters. The molecular formula is C13H23NO3. The Morgan fingerprint density at radius 2 is 1.88 bits per heavy atom. The Kier molecular flexibility index (Phi) is 4.40. The predicted molar refractivity (Wildman–Crippen MR) is 64.4 cm³/mol. The lowest BCUT2D eigenvalue weighted by atomic mass is 9.85. The summed E-state index contributed by atoms with van der Waals surface area (Å²) in [7, 11) is 0. The van der Waals surface area contributed by atoms with E-state index in [9.17, 15) is 9.90 Å². The lowest BCUT2D eigenvalue weighted by Crippen LogP contribution is -2.44. The minimum Gasteiger partial charge on any atom is -0.396 e. The molecule has 1 atom stereocenters. The number of hydrogen-bond donors (Lipinski definition) is 2. The zero-order chi connectivity index (χ0) is 12.3. The van der Waals surface area contributed by atoms with Crippen LogP contribution in [-0.4, -0.2) is 46.8 Å². The largest absolute Gasteiger partial charge is 0.396 e. The van der Waals surface area contributed by atoms with Gasteiger partial charge in [0.2, 0.25) is 5.91 Å². The molecule has 1 amide bonds. The zero-order valence-electron chi connectivity index (χ0n) is 10.3. The molecule has 1 aliphatic carbocycles. The Balaban J connectivity index is 1.86. The van der Waals surface area contributed by atoms with E-state index < -0.39 is 0 Å². The number of hydrogen-bond acceptors (Lipinski definition) is 3. The molecule has 4 nitrogen and oxygen atoms in total. The molecule has 0 aromatic rings. The molecule has 98 valence electrons. The average Bonchev–Trinajstić information content (AvgIpc) is 2.39. The van der Waals surface area contributed by atoms with Gasteiger partial charge >= 0.3 is 0 Å². The van der Waals surface area contributed by atoms with Crippen molar-refractivity contribution in [3.05, 3.63) is 0 Å². The van der Waals surface area contributed by atoms with E-state index in [-0.39, 0.29) is 30.5 Å². The SMILES string of the molecule is O=C(C1CCC(O)CC1)N1CCCC(CO)C1. The first-order valence-electron chi connectivity index (χ1n) is 6.78. The molecule has 1 saturated heterocycles. The third kappa shape index (κ3) is 3.19. The summed E-state index contributed by atoms with van der Waals surface area (Å²) in [6.07, 6.45) is 4.99. The number of piperidine rings is 1. The predicted octanol–water partition coefficient (Wildman–Crippen LogP) is 0.768. The van der Waals surface area contributed by atoms with Gasteiger partial charge in [0, 0.05) is 25.6 Å². The summed E-state index contributed by atoms with van der Waals surface area (Å²) < 4.78 is 0. The summed E-state index contributed by atoms with van der Waals surface area (Å²) in [5.41, 5.74) is 0. The van der Waals surface area contributed by atoms with Gasteiger partial charge in [-0.1, -0.05) is 0 Å². The summed E-state index contributed by atoms with van der Waals surface area (Å²) in [4.78, 5) is 14.2. The van der Waals surface area contributed by atoms with Crippen molar-refractivity contribution in [3.63, 3.8) is 0 Å². The van der Waals surface area contributed by atoms with Gasteiger partial charge in [0.15, 0.2) is 0 Å². The molecular weight excluding hydrogens is 218 g/mol. The standard InChI is InChI=1S/C13H23NO3/c15-9-10-2-1-7-14(8-10)13(17)11-3-5-12(16)6-4-11/h10-12,15-16H,1-9H2. The van der Waals surface area contributed by atoms with E-state index >= 15 is 0 Å². The summed E-state index contributed by atoms with van der Waals surface area (Å²) in [5.74, 6) is 0.618. The number of likely N-dealkylation sites (tertiary alicyclic amines) is 1. The highest BCUT2D eigenvalue weighted by atomic mass is 16.3. The first-order chi connectivity index (χ1) is 8.20. The highest BCUT2D eigenvalue weighted by Gasteiger charge is 2.31. The molecule has 2 aliphatic rings. The highest BCUT2D eigenvalue weighted by molar-refractivity contribution is 5.79. The number of amides is 1. The van der Waals surface area contributed by atoms with E-state index in [4.69, 9.17) is 5.11 Å². The number of carbonyl (C=O) groups is 1. The lowest BCUT2D eigenvalue weighted by Gasteiger charge is -2.35. The molecule has 0 aromatic heterocycles. The van der Waals surface area contributed by atoms with Crippen molar-refractivity contribution in [2.45, 2.75) is 44.6 Å². The van der Waals surface area contributed by atoms with Crippen LogP contribution in [0.5, 0.6) is 0 Å². The summed E-state index contributed by atoms with van der Waals surface area (Å²) >= 11 is 0. The van der Waals surface area contributed by atoms with Gasteiger partial charge in [-0.15, -0.1) is 0 Å². The number of aliphatic hydroxyl groups excluding tert-OH is 2. The van der Waals surface area contributed by atoms with E-state index in [1.807, 2.05) is 4.90 Å². The van der Waals surface area contributed by atoms with Gasteiger partial charge < -0.3 is 15.1 Å². The van der Waals surface area contributed by atoms with Gasteiger partial charge in [-0.3, -0.25) is 4.79 Å². The van der Waals surface area contributed by atoms with Crippen molar-refractivity contribution in [2.24, 2.45) is 11.8 Å². The van der Waals surface area contributed by atoms with E-state index in [1.54, 1.807) is 0 Å². The normalized spacial score (nSPS) is 34.7. The first kappa shape index (κ1) is 12.8. The van der Waals surface area contributed by atoms with Gasteiger partial charge in [0.05, 0.1) is 6.10 Å². The second kappa shape index (κ2) is 5.83. The first-order valence-corrected chi connectivity index (χ1v) is 6.78. The fourth-order valence-corrected chi connectivity index (χ4v) is 3.00. The van der Waals surface area contributed by atoms with Gasteiger partial charge in [-0.25, -0.2) is 0 Å². The minimum atomic E-state index is -0.203. The van der Waals surface area contributed by atoms with Gasteiger partial charge in [-0.2, -0.15) is 0 Å². The summed E-state index contributed by atoms with van der Waals surface area (Å²) in [5, 5.41) is 18.6. The Bertz CT molecular complexity index is 261. The Labute approximate surface area is 103 Å². The highest BCUT2D eigenvalue weighted by Crippen LogP contribution is 2.27. The van der Waals surface area contributed by atoms with Crippen LogP contribution in [0, 0.1) is 11.8 Å². The number of nitrogens with zero attached hydrogens (tertiary/aromatic N) is 1. The zero-order valence-corrected chi connectivity index (χ0v) is 10.3. The molecule has 0 aromatic carbocycles. The maximum atomic E-state index is 12.3. The van der Waals surface area contributed by atoms with Crippen LogP contribution < -0.4 is 0 Å². The molecule has 2 N–H and O–H groups in total. The maximum Gasteiger partial charge on any atom is 0.225 e. The van der Waals surface area contributed by atoms with Crippen LogP contribution in [0.3, 0.4) is 0 Å². The third-order valence-corrected chi connectivity index (χ3v) is 4.13. The van der Waals surface area contributed by atoms with Gasteiger partial charge in [-0.05, 0) is 44.4 Å². The van der Waals surface area contributed by atoms with E-state index in [0.717, 1.165) is 45.1 Å². The molecule has 1 heterocycles. The Morgan fingerprint density at radius 1 is 1.18 bits per heavy atom. The van der Waals surface area contributed by atoms with Gasteiger partial charge in [0.1, 0.15) is 0 Å². The van der Waals surface area contributed by atoms with Crippen molar-refractivity contribution in [1.82, 2.24) is 4.90 Å². The van der Waals surface area contributed by atoms with Crippen molar-refractivity contribution in [3.8, 4) is 0 Å². The van der Waals surface area contributed by atoms with Crippen LogP contribution in [-0.2, 0) is 4.79 Å². The second-order valence-electron chi connectivity index (χ2n) is 5.48. The van der Waals surface area contributed by atoms with Crippen LogP contribution in [0.2, 0.25) is 0 Å². The van der Waals surface area contributed by atoms with Crippen molar-refractivity contribution >= 4 is 5.91 Å². The molecule has 4 heteroatoms. The van der Waals surface area contributed by atoms with Crippen LogP contribution >= 0.6 is 0 Å². The monoisotopic (exact) mass is 241 g/mol. The quantitative estimate of drug-likeness (QED) is 0.750. The third-order valence-electron chi connectivity index (χ3n) is 4.13. The minimum absolute atomic E-state index is 0.107. The van der Waals surface area contributed by atoms with Crippen LogP contribution in [0.4, 0.5) is 0 Å². The molecule has 1 aliphatic heterocycles. The molecule has 0 bridgehead atoms. The summed E-state index contributed by atoms with van der Waals surface area (Å²) in [6.45, 7) is 1.75. The molecule has 1 saturated carbocycles. The van der Waals surface area contributed by atoms with Crippen molar-refractivity contribution in [1.29, 1.82) is 0 Å². The van der Waals surface area contributed by atoms with E-state index in [1.165, 1.54) is 0 Å². The second-order valence-corrected chi connectivity index (χ2v) is 5.48. The van der Waals surface area contributed by atoms with E-state index in [0.29, 0.717) is 6.54 Å². The molecule has 0 radical (unpaired) electrons.